The van der Waals surface area contributed by atoms with E-state index in [-0.39, 0.29) is 24.1 Å². The first-order valence-electron chi connectivity index (χ1n) is 5.95. The number of hydrogen-bond acceptors (Lipinski definition) is 4. The number of aromatic nitrogens is 2. The van der Waals surface area contributed by atoms with E-state index in [9.17, 15) is 4.79 Å². The van der Waals surface area contributed by atoms with Crippen molar-refractivity contribution >= 4 is 5.91 Å². The molecule has 3 rings (SSSR count). The maximum atomic E-state index is 11.8. The van der Waals surface area contributed by atoms with Crippen molar-refractivity contribution in [3.8, 4) is 0 Å². The summed E-state index contributed by atoms with van der Waals surface area (Å²) in [6, 6.07) is 1.57. The van der Waals surface area contributed by atoms with E-state index < -0.39 is 0 Å². The summed E-state index contributed by atoms with van der Waals surface area (Å²) in [5, 5.41) is 9.29. The zero-order chi connectivity index (χ0) is 11.8. The van der Waals surface area contributed by atoms with Crippen LogP contribution < -0.4 is 11.1 Å². The molecule has 92 valence electrons. The Morgan fingerprint density at radius 1 is 1.65 bits per heavy atom. The molecule has 2 fully saturated rings. The van der Waals surface area contributed by atoms with Crippen LogP contribution in [-0.2, 0) is 4.74 Å². The number of nitrogens with one attached hydrogen (secondary N) is 2. The van der Waals surface area contributed by atoms with Gasteiger partial charge >= 0.3 is 0 Å². The van der Waals surface area contributed by atoms with Crippen molar-refractivity contribution in [2.45, 2.75) is 31.0 Å². The third-order valence-corrected chi connectivity index (χ3v) is 3.72. The van der Waals surface area contributed by atoms with Gasteiger partial charge in [0.15, 0.2) is 0 Å². The number of aromatic amines is 1. The van der Waals surface area contributed by atoms with Crippen molar-refractivity contribution in [2.24, 2.45) is 11.7 Å². The SMILES string of the molecule is NC1C2CCCOC2C1NC(=O)c1ccn[nH]1. The molecule has 6 nitrogen and oxygen atoms in total. The highest BCUT2D eigenvalue weighted by Crippen LogP contribution is 2.36. The fourth-order valence-electron chi connectivity index (χ4n) is 2.74. The monoisotopic (exact) mass is 236 g/mol. The summed E-state index contributed by atoms with van der Waals surface area (Å²) >= 11 is 0. The number of fused-ring (bicyclic) bond motifs is 1. The van der Waals surface area contributed by atoms with Crippen molar-refractivity contribution in [3.63, 3.8) is 0 Å². The summed E-state index contributed by atoms with van der Waals surface area (Å²) in [5.74, 6) is 0.228. The zero-order valence-electron chi connectivity index (χ0n) is 9.43. The number of nitrogens with zero attached hydrogens (tertiary/aromatic N) is 1. The fraction of sp³-hybridized carbons (Fsp3) is 0.636. The normalized spacial score (nSPS) is 35.8. The van der Waals surface area contributed by atoms with Crippen LogP contribution in [0.1, 0.15) is 23.3 Å². The number of nitrogens with two attached hydrogens (primary N) is 1. The standard InChI is InChI=1S/C11H16N4O2/c12-8-6-2-1-5-17-10(6)9(8)14-11(16)7-3-4-13-15-7/h3-4,6,8-10H,1-2,5,12H2,(H,13,15)(H,14,16). The molecule has 1 aliphatic heterocycles. The molecule has 1 amide bonds. The predicted molar refractivity (Wildman–Crippen MR) is 60.3 cm³/mol. The molecule has 1 aromatic heterocycles. The van der Waals surface area contributed by atoms with Crippen LogP contribution in [0.2, 0.25) is 0 Å². The molecule has 4 atom stereocenters. The Morgan fingerprint density at radius 2 is 2.53 bits per heavy atom. The molecule has 4 N–H and O–H groups in total. The van der Waals surface area contributed by atoms with E-state index in [2.05, 4.69) is 15.5 Å². The number of amides is 1. The van der Waals surface area contributed by atoms with E-state index >= 15 is 0 Å². The van der Waals surface area contributed by atoms with Crippen LogP contribution in [0.15, 0.2) is 12.3 Å². The topological polar surface area (TPSA) is 93.0 Å². The lowest BCUT2D eigenvalue weighted by Crippen LogP contribution is -2.72. The average molecular weight is 236 g/mol. The van der Waals surface area contributed by atoms with Crippen molar-refractivity contribution in [1.82, 2.24) is 15.5 Å². The molecule has 4 unspecified atom stereocenters. The van der Waals surface area contributed by atoms with E-state index in [1.807, 2.05) is 0 Å². The van der Waals surface area contributed by atoms with Crippen molar-refractivity contribution in [2.75, 3.05) is 6.61 Å². The fourth-order valence-corrected chi connectivity index (χ4v) is 2.74. The van der Waals surface area contributed by atoms with Crippen LogP contribution in [0.4, 0.5) is 0 Å². The molecule has 17 heavy (non-hydrogen) atoms. The largest absolute Gasteiger partial charge is 0.376 e. The molecule has 1 saturated carbocycles. The number of ether oxygens (including phenoxy) is 1. The van der Waals surface area contributed by atoms with Gasteiger partial charge in [-0.25, -0.2) is 0 Å². The van der Waals surface area contributed by atoms with Crippen LogP contribution in [0.25, 0.3) is 0 Å². The van der Waals surface area contributed by atoms with Gasteiger partial charge in [-0.3, -0.25) is 9.89 Å². The van der Waals surface area contributed by atoms with Gasteiger partial charge in [-0.1, -0.05) is 0 Å². The molecule has 0 bridgehead atoms. The highest BCUT2D eigenvalue weighted by molar-refractivity contribution is 5.92. The van der Waals surface area contributed by atoms with E-state index in [1.54, 1.807) is 12.3 Å². The van der Waals surface area contributed by atoms with Crippen LogP contribution in [0.3, 0.4) is 0 Å². The van der Waals surface area contributed by atoms with Gasteiger partial charge in [0, 0.05) is 24.8 Å². The highest BCUT2D eigenvalue weighted by atomic mass is 16.5. The van der Waals surface area contributed by atoms with E-state index in [0.29, 0.717) is 11.6 Å². The Labute approximate surface area is 98.9 Å². The molecule has 1 saturated heterocycles. The Kier molecular flexibility index (Phi) is 2.60. The second kappa shape index (κ2) is 4.12. The molecule has 1 aromatic rings. The number of H-pyrrole nitrogens is 1. The third-order valence-electron chi connectivity index (χ3n) is 3.72. The second-order valence-electron chi connectivity index (χ2n) is 4.69. The molecule has 0 radical (unpaired) electrons. The number of rotatable bonds is 2. The first-order chi connectivity index (χ1) is 8.27. The second-order valence-corrected chi connectivity index (χ2v) is 4.69. The number of carbonyl (C=O) groups excluding carboxylic acids is 1. The molecule has 2 aliphatic rings. The molecular weight excluding hydrogens is 220 g/mol. The van der Waals surface area contributed by atoms with Crippen LogP contribution in [0, 0.1) is 5.92 Å². The van der Waals surface area contributed by atoms with Gasteiger partial charge in [-0.2, -0.15) is 5.10 Å². The maximum Gasteiger partial charge on any atom is 0.269 e. The molecule has 0 spiro atoms. The summed E-state index contributed by atoms with van der Waals surface area (Å²) < 4.78 is 5.66. The van der Waals surface area contributed by atoms with Gasteiger partial charge in [-0.05, 0) is 18.9 Å². The molecule has 6 heteroatoms. The molecule has 2 heterocycles. The van der Waals surface area contributed by atoms with E-state index in [4.69, 9.17) is 10.5 Å². The molecule has 1 aliphatic carbocycles. The quantitative estimate of drug-likeness (QED) is 0.654. The van der Waals surface area contributed by atoms with Gasteiger partial charge in [0.25, 0.3) is 5.91 Å². The van der Waals surface area contributed by atoms with Gasteiger partial charge in [0.2, 0.25) is 0 Å². The minimum absolute atomic E-state index is 0.00664. The van der Waals surface area contributed by atoms with Crippen molar-refractivity contribution < 1.29 is 9.53 Å². The number of carbonyl (C=O) groups is 1. The lowest BCUT2D eigenvalue weighted by atomic mass is 9.68. The summed E-state index contributed by atoms with van der Waals surface area (Å²) in [7, 11) is 0. The van der Waals surface area contributed by atoms with Crippen LogP contribution in [0.5, 0.6) is 0 Å². The Hall–Kier alpha value is -1.40. The van der Waals surface area contributed by atoms with Crippen LogP contribution >= 0.6 is 0 Å². The Morgan fingerprint density at radius 3 is 3.29 bits per heavy atom. The summed E-state index contributed by atoms with van der Waals surface area (Å²) in [6.07, 6.45) is 3.80. The van der Waals surface area contributed by atoms with Gasteiger partial charge < -0.3 is 15.8 Å². The maximum absolute atomic E-state index is 11.8. The number of hydrogen-bond donors (Lipinski definition) is 3. The van der Waals surface area contributed by atoms with Crippen LogP contribution in [-0.4, -0.2) is 40.9 Å². The first-order valence-corrected chi connectivity index (χ1v) is 5.95. The molecular formula is C11H16N4O2. The lowest BCUT2D eigenvalue weighted by molar-refractivity contribution is -0.117. The first kappa shape index (κ1) is 10.7. The summed E-state index contributed by atoms with van der Waals surface area (Å²) in [6.45, 7) is 0.768. The summed E-state index contributed by atoms with van der Waals surface area (Å²) in [5.41, 5.74) is 6.51. The minimum Gasteiger partial charge on any atom is -0.376 e. The van der Waals surface area contributed by atoms with E-state index in [1.165, 1.54) is 0 Å². The van der Waals surface area contributed by atoms with Gasteiger partial charge in [0.05, 0.1) is 12.1 Å². The minimum atomic E-state index is -0.171. The Bertz CT molecular complexity index is 406. The van der Waals surface area contributed by atoms with Crippen molar-refractivity contribution in [1.29, 1.82) is 0 Å². The van der Waals surface area contributed by atoms with Gasteiger partial charge in [-0.15, -0.1) is 0 Å². The Balaban J connectivity index is 1.64. The zero-order valence-corrected chi connectivity index (χ0v) is 9.43. The van der Waals surface area contributed by atoms with E-state index in [0.717, 1.165) is 19.4 Å². The predicted octanol–water partition coefficient (Wildman–Crippen LogP) is -0.356. The highest BCUT2D eigenvalue weighted by Gasteiger charge is 2.51. The lowest BCUT2D eigenvalue weighted by Gasteiger charge is -2.52. The smallest absolute Gasteiger partial charge is 0.269 e. The van der Waals surface area contributed by atoms with Gasteiger partial charge in [0.1, 0.15) is 5.69 Å². The third kappa shape index (κ3) is 1.73. The molecule has 0 aromatic carbocycles. The average Bonchev–Trinajstić information content (AvgIpc) is 2.89. The van der Waals surface area contributed by atoms with Crippen molar-refractivity contribution in [3.05, 3.63) is 18.0 Å². The summed E-state index contributed by atoms with van der Waals surface area (Å²) in [4.78, 5) is 11.8.